The first-order valence-electron chi connectivity index (χ1n) is 7.98. The van der Waals surface area contributed by atoms with E-state index in [1.807, 2.05) is 37.2 Å². The topological polar surface area (TPSA) is 84.5 Å². The van der Waals surface area contributed by atoms with Gasteiger partial charge in [0.05, 0.1) is 6.54 Å². The number of nitrogens with zero attached hydrogens (tertiary/aromatic N) is 5. The van der Waals surface area contributed by atoms with Gasteiger partial charge in [0.25, 0.3) is 0 Å². The molecule has 0 aromatic carbocycles. The molecule has 0 spiro atoms. The number of anilines is 1. The number of pyridine rings is 2. The highest BCUT2D eigenvalue weighted by Crippen LogP contribution is 2.09. The van der Waals surface area contributed by atoms with Crippen molar-refractivity contribution in [1.29, 1.82) is 0 Å². The van der Waals surface area contributed by atoms with E-state index in [1.165, 1.54) is 9.08 Å². The zero-order valence-corrected chi connectivity index (χ0v) is 14.2. The van der Waals surface area contributed by atoms with Crippen molar-refractivity contribution in [2.45, 2.75) is 19.5 Å². The van der Waals surface area contributed by atoms with E-state index in [0.717, 1.165) is 11.4 Å². The molecule has 3 rings (SSSR count). The van der Waals surface area contributed by atoms with Crippen molar-refractivity contribution in [2.24, 2.45) is 0 Å². The fourth-order valence-electron chi connectivity index (χ4n) is 2.43. The minimum Gasteiger partial charge on any atom is -0.363 e. The minimum absolute atomic E-state index is 0.132. The maximum absolute atomic E-state index is 12.1. The van der Waals surface area contributed by atoms with Crippen molar-refractivity contribution in [3.63, 3.8) is 0 Å². The Labute approximate surface area is 144 Å². The fraction of sp³-hybridized carbons (Fsp3) is 0.294. The Morgan fingerprint density at radius 2 is 2.12 bits per heavy atom. The number of nitrogens with one attached hydrogen (secondary N) is 1. The Hall–Kier alpha value is -3.16. The molecule has 1 N–H and O–H groups in total. The van der Waals surface area contributed by atoms with Gasteiger partial charge in [0.2, 0.25) is 5.91 Å². The number of rotatable bonds is 6. The van der Waals surface area contributed by atoms with Gasteiger partial charge in [-0.15, -0.1) is 5.10 Å². The SMILES string of the molecule is CN(C)c1cc(CNC(=O)CCn2nc3ccccn3c2=O)ccn1. The molecule has 3 heterocycles. The molecule has 0 atom stereocenters. The summed E-state index contributed by atoms with van der Waals surface area (Å²) in [5, 5.41) is 7.06. The lowest BCUT2D eigenvalue weighted by Gasteiger charge is -2.12. The third-order valence-corrected chi connectivity index (χ3v) is 3.80. The van der Waals surface area contributed by atoms with Gasteiger partial charge in [0.15, 0.2) is 5.65 Å². The number of fused-ring (bicyclic) bond motifs is 1. The summed E-state index contributed by atoms with van der Waals surface area (Å²) in [6.45, 7) is 0.661. The second-order valence-corrected chi connectivity index (χ2v) is 5.88. The van der Waals surface area contributed by atoms with Crippen LogP contribution in [-0.4, -0.2) is 39.2 Å². The van der Waals surface area contributed by atoms with Crippen molar-refractivity contribution in [2.75, 3.05) is 19.0 Å². The molecule has 0 radical (unpaired) electrons. The Kier molecular flexibility index (Phi) is 4.78. The highest BCUT2D eigenvalue weighted by Gasteiger charge is 2.08. The maximum Gasteiger partial charge on any atom is 0.350 e. The number of carbonyl (C=O) groups excluding carboxylic acids is 1. The summed E-state index contributed by atoms with van der Waals surface area (Å²) in [5.74, 6) is 0.704. The molecule has 0 saturated carbocycles. The molecule has 8 nitrogen and oxygen atoms in total. The highest BCUT2D eigenvalue weighted by molar-refractivity contribution is 5.75. The Balaban J connectivity index is 1.57. The summed E-state index contributed by atoms with van der Waals surface area (Å²) in [6, 6.07) is 9.12. The van der Waals surface area contributed by atoms with Gasteiger partial charge in [0, 0.05) is 39.5 Å². The van der Waals surface area contributed by atoms with Crippen molar-refractivity contribution in [1.82, 2.24) is 24.5 Å². The summed E-state index contributed by atoms with van der Waals surface area (Å²) in [7, 11) is 3.83. The van der Waals surface area contributed by atoms with Crippen LogP contribution in [0.15, 0.2) is 47.5 Å². The first-order chi connectivity index (χ1) is 12.0. The smallest absolute Gasteiger partial charge is 0.350 e. The third kappa shape index (κ3) is 3.85. The van der Waals surface area contributed by atoms with E-state index in [-0.39, 0.29) is 24.6 Å². The van der Waals surface area contributed by atoms with Crippen LogP contribution in [0.3, 0.4) is 0 Å². The van der Waals surface area contributed by atoms with E-state index in [0.29, 0.717) is 12.2 Å². The molecule has 0 bridgehead atoms. The predicted octanol–water partition coefficient (Wildman–Crippen LogP) is 0.663. The number of amides is 1. The molecule has 0 saturated heterocycles. The number of hydrogen-bond donors (Lipinski definition) is 1. The summed E-state index contributed by atoms with van der Waals surface area (Å²) >= 11 is 0. The summed E-state index contributed by atoms with van der Waals surface area (Å²) in [6.07, 6.45) is 3.56. The minimum atomic E-state index is -0.242. The Morgan fingerprint density at radius 3 is 2.88 bits per heavy atom. The lowest BCUT2D eigenvalue weighted by molar-refractivity contribution is -0.121. The highest BCUT2D eigenvalue weighted by atomic mass is 16.2. The largest absolute Gasteiger partial charge is 0.363 e. The molecule has 25 heavy (non-hydrogen) atoms. The molecule has 0 aliphatic carbocycles. The summed E-state index contributed by atoms with van der Waals surface area (Å²) < 4.78 is 2.77. The number of aromatic nitrogens is 4. The van der Waals surface area contributed by atoms with Crippen LogP contribution in [0.2, 0.25) is 0 Å². The summed E-state index contributed by atoms with van der Waals surface area (Å²) in [5.41, 5.74) is 1.30. The molecule has 3 aromatic heterocycles. The third-order valence-electron chi connectivity index (χ3n) is 3.80. The number of carbonyl (C=O) groups is 1. The standard InChI is InChI=1S/C17H20N6O2/c1-21(2)15-11-13(6-8-18-15)12-19-16(24)7-10-23-17(25)22-9-4-3-5-14(22)20-23/h3-6,8-9,11H,7,10,12H2,1-2H3,(H,19,24). The second kappa shape index (κ2) is 7.16. The van der Waals surface area contributed by atoms with Gasteiger partial charge >= 0.3 is 5.69 Å². The van der Waals surface area contributed by atoms with Crippen LogP contribution in [0, 0.1) is 0 Å². The maximum atomic E-state index is 12.1. The van der Waals surface area contributed by atoms with Gasteiger partial charge in [-0.3, -0.25) is 9.20 Å². The van der Waals surface area contributed by atoms with Crippen molar-refractivity contribution < 1.29 is 4.79 Å². The Bertz CT molecular complexity index is 943. The van der Waals surface area contributed by atoms with Crippen LogP contribution in [0.4, 0.5) is 5.82 Å². The van der Waals surface area contributed by atoms with Crippen LogP contribution in [-0.2, 0) is 17.9 Å². The molecule has 3 aromatic rings. The first kappa shape index (κ1) is 16.7. The van der Waals surface area contributed by atoms with Crippen molar-refractivity contribution in [3.05, 3.63) is 58.8 Å². The van der Waals surface area contributed by atoms with Gasteiger partial charge < -0.3 is 10.2 Å². The molecule has 130 valence electrons. The van der Waals surface area contributed by atoms with Gasteiger partial charge in [-0.2, -0.15) is 0 Å². The molecule has 1 amide bonds. The molecule has 0 unspecified atom stereocenters. The van der Waals surface area contributed by atoms with E-state index < -0.39 is 0 Å². The van der Waals surface area contributed by atoms with Crippen LogP contribution in [0.1, 0.15) is 12.0 Å². The second-order valence-electron chi connectivity index (χ2n) is 5.88. The quantitative estimate of drug-likeness (QED) is 0.713. The average molecular weight is 340 g/mol. The normalized spacial score (nSPS) is 10.8. The number of aryl methyl sites for hydroxylation is 1. The first-order valence-corrected chi connectivity index (χ1v) is 7.98. The predicted molar refractivity (Wildman–Crippen MR) is 94.5 cm³/mol. The Morgan fingerprint density at radius 1 is 1.28 bits per heavy atom. The molecule has 0 aliphatic rings. The van der Waals surface area contributed by atoms with E-state index >= 15 is 0 Å². The average Bonchev–Trinajstić information content (AvgIpc) is 2.95. The molecule has 0 fully saturated rings. The van der Waals surface area contributed by atoms with E-state index in [2.05, 4.69) is 15.4 Å². The molecule has 8 heteroatoms. The van der Waals surface area contributed by atoms with E-state index in [1.54, 1.807) is 24.5 Å². The fourth-order valence-corrected chi connectivity index (χ4v) is 2.43. The van der Waals surface area contributed by atoms with E-state index in [9.17, 15) is 9.59 Å². The van der Waals surface area contributed by atoms with Gasteiger partial charge in [-0.05, 0) is 29.8 Å². The summed E-state index contributed by atoms with van der Waals surface area (Å²) in [4.78, 5) is 30.3. The van der Waals surface area contributed by atoms with E-state index in [4.69, 9.17) is 0 Å². The van der Waals surface area contributed by atoms with Crippen LogP contribution >= 0.6 is 0 Å². The zero-order valence-electron chi connectivity index (χ0n) is 14.2. The zero-order chi connectivity index (χ0) is 17.8. The lowest BCUT2D eigenvalue weighted by Crippen LogP contribution is -2.27. The van der Waals surface area contributed by atoms with Crippen LogP contribution in [0.25, 0.3) is 5.65 Å². The van der Waals surface area contributed by atoms with Crippen LogP contribution < -0.4 is 15.9 Å². The molecular formula is C17H20N6O2. The van der Waals surface area contributed by atoms with Crippen molar-refractivity contribution >= 4 is 17.4 Å². The lowest BCUT2D eigenvalue weighted by atomic mass is 10.2. The molecular weight excluding hydrogens is 320 g/mol. The van der Waals surface area contributed by atoms with Gasteiger partial charge in [0.1, 0.15) is 5.82 Å². The van der Waals surface area contributed by atoms with Gasteiger partial charge in [-0.25, -0.2) is 14.5 Å². The monoisotopic (exact) mass is 340 g/mol. The molecule has 0 aliphatic heterocycles. The van der Waals surface area contributed by atoms with Crippen molar-refractivity contribution in [3.8, 4) is 0 Å². The van der Waals surface area contributed by atoms with Gasteiger partial charge in [-0.1, -0.05) is 6.07 Å². The number of hydrogen-bond acceptors (Lipinski definition) is 5. The van der Waals surface area contributed by atoms with Crippen LogP contribution in [0.5, 0.6) is 0 Å².